The molecule has 0 bridgehead atoms. The molecule has 1 aromatic carbocycles. The van der Waals surface area contributed by atoms with Crippen molar-refractivity contribution in [2.24, 2.45) is 17.8 Å². The van der Waals surface area contributed by atoms with Crippen molar-refractivity contribution in [2.75, 3.05) is 11.4 Å². The van der Waals surface area contributed by atoms with Crippen molar-refractivity contribution in [3.8, 4) is 0 Å². The fraction of sp³-hybridized carbons (Fsp3) is 0.462. The minimum Gasteiger partial charge on any atom is -0.368 e. The van der Waals surface area contributed by atoms with Crippen LogP contribution in [0.15, 0.2) is 24.3 Å². The molecule has 3 rings (SSSR count). The largest absolute Gasteiger partial charge is 0.368 e. The third kappa shape index (κ3) is 1.68. The van der Waals surface area contributed by atoms with Crippen LogP contribution in [0.25, 0.3) is 0 Å². The number of nitrogens with zero attached hydrogens (tertiary/aromatic N) is 1. The van der Waals surface area contributed by atoms with Crippen molar-refractivity contribution in [3.63, 3.8) is 0 Å². The van der Waals surface area contributed by atoms with Crippen LogP contribution in [-0.2, 0) is 0 Å². The van der Waals surface area contributed by atoms with Crippen molar-refractivity contribution in [2.45, 2.75) is 13.0 Å². The molecule has 4 atom stereocenters. The van der Waals surface area contributed by atoms with Crippen LogP contribution in [0.5, 0.6) is 0 Å². The Morgan fingerprint density at radius 3 is 2.89 bits per heavy atom. The first-order valence-corrected chi connectivity index (χ1v) is 6.52. The number of hydroxylamine groups is 1. The van der Waals surface area contributed by atoms with Crippen LogP contribution in [0.1, 0.15) is 6.92 Å². The highest BCUT2D eigenvalue weighted by molar-refractivity contribution is 6.30. The number of amidine groups is 1. The molecule has 1 saturated carbocycles. The van der Waals surface area contributed by atoms with Crippen LogP contribution in [-0.4, -0.2) is 23.6 Å². The van der Waals surface area contributed by atoms with Gasteiger partial charge < -0.3 is 4.90 Å². The molecule has 5 heteroatoms. The van der Waals surface area contributed by atoms with Gasteiger partial charge in [0.2, 0.25) is 0 Å². The summed E-state index contributed by atoms with van der Waals surface area (Å²) >= 11 is 6.02. The third-order valence-corrected chi connectivity index (χ3v) is 4.51. The van der Waals surface area contributed by atoms with Gasteiger partial charge in [-0.3, -0.25) is 16.1 Å². The van der Waals surface area contributed by atoms with E-state index >= 15 is 0 Å². The topological polar surface area (TPSA) is 59.4 Å². The summed E-state index contributed by atoms with van der Waals surface area (Å²) in [6.07, 6.45) is 0. The minimum absolute atomic E-state index is 0.195. The number of hydrogen-bond donors (Lipinski definition) is 3. The number of halogens is 1. The molecular formula is C13H16ClN3O. The van der Waals surface area contributed by atoms with Crippen molar-refractivity contribution in [1.29, 1.82) is 5.41 Å². The summed E-state index contributed by atoms with van der Waals surface area (Å²) in [5.74, 6) is 1.39. The average molecular weight is 266 g/mol. The fourth-order valence-corrected chi connectivity index (χ4v) is 3.56. The maximum Gasteiger partial charge on any atom is 0.121 e. The number of rotatable bonds is 2. The highest BCUT2D eigenvalue weighted by Crippen LogP contribution is 2.56. The van der Waals surface area contributed by atoms with Gasteiger partial charge in [0.25, 0.3) is 0 Å². The zero-order chi connectivity index (χ0) is 12.9. The fourth-order valence-electron chi connectivity index (χ4n) is 3.37. The Labute approximate surface area is 111 Å². The van der Waals surface area contributed by atoms with Gasteiger partial charge in [0.1, 0.15) is 5.84 Å². The smallest absolute Gasteiger partial charge is 0.121 e. The second-order valence-electron chi connectivity index (χ2n) is 5.17. The van der Waals surface area contributed by atoms with Crippen LogP contribution in [0, 0.1) is 23.2 Å². The summed E-state index contributed by atoms with van der Waals surface area (Å²) in [5, 5.41) is 17.2. The lowest BCUT2D eigenvalue weighted by atomic mass is 10.1. The van der Waals surface area contributed by atoms with Gasteiger partial charge in [-0.2, -0.15) is 0 Å². The first-order valence-electron chi connectivity index (χ1n) is 6.14. The second kappa shape index (κ2) is 4.14. The van der Waals surface area contributed by atoms with Gasteiger partial charge in [-0.1, -0.05) is 17.7 Å². The lowest BCUT2D eigenvalue weighted by Gasteiger charge is -2.28. The van der Waals surface area contributed by atoms with Gasteiger partial charge in [-0.05, 0) is 37.0 Å². The quantitative estimate of drug-likeness (QED) is 0.437. The van der Waals surface area contributed by atoms with Crippen LogP contribution >= 0.6 is 11.6 Å². The van der Waals surface area contributed by atoms with E-state index in [2.05, 4.69) is 17.9 Å². The molecule has 1 saturated heterocycles. The summed E-state index contributed by atoms with van der Waals surface area (Å²) in [7, 11) is 0. The summed E-state index contributed by atoms with van der Waals surface area (Å²) in [6, 6.07) is 8.27. The molecular weight excluding hydrogens is 250 g/mol. The van der Waals surface area contributed by atoms with E-state index in [0.29, 0.717) is 17.9 Å². The van der Waals surface area contributed by atoms with E-state index in [9.17, 15) is 0 Å². The molecule has 0 aromatic heterocycles. The monoisotopic (exact) mass is 265 g/mol. The minimum atomic E-state index is 0.195. The van der Waals surface area contributed by atoms with Crippen molar-refractivity contribution in [3.05, 3.63) is 29.3 Å². The Kier molecular flexibility index (Phi) is 2.72. The van der Waals surface area contributed by atoms with Gasteiger partial charge in [-0.25, -0.2) is 0 Å². The number of nitrogens with one attached hydrogen (secondary N) is 2. The van der Waals surface area contributed by atoms with Gasteiger partial charge in [-0.15, -0.1) is 0 Å². The predicted octanol–water partition coefficient (Wildman–Crippen LogP) is 2.37. The normalized spacial score (nSPS) is 33.2. The maximum atomic E-state index is 8.80. The summed E-state index contributed by atoms with van der Waals surface area (Å²) in [6.45, 7) is 3.11. The van der Waals surface area contributed by atoms with Crippen LogP contribution in [0.3, 0.4) is 0 Å². The zero-order valence-corrected chi connectivity index (χ0v) is 10.9. The number of hydrogen-bond acceptors (Lipinski definition) is 3. The molecule has 4 nitrogen and oxygen atoms in total. The summed E-state index contributed by atoms with van der Waals surface area (Å²) in [4.78, 5) is 2.34. The van der Waals surface area contributed by atoms with Gasteiger partial charge in [0.15, 0.2) is 0 Å². The first-order chi connectivity index (χ1) is 8.63. The lowest BCUT2D eigenvalue weighted by Crippen LogP contribution is -2.35. The maximum absolute atomic E-state index is 8.80. The van der Waals surface area contributed by atoms with Crippen LogP contribution in [0.4, 0.5) is 5.69 Å². The molecule has 1 unspecified atom stereocenters. The highest BCUT2D eigenvalue weighted by atomic mass is 35.5. The Hall–Kier alpha value is -1.26. The molecule has 1 aromatic rings. The lowest BCUT2D eigenvalue weighted by molar-refractivity contribution is 0.228. The van der Waals surface area contributed by atoms with E-state index in [1.54, 1.807) is 0 Å². The molecule has 0 radical (unpaired) electrons. The zero-order valence-electron chi connectivity index (χ0n) is 10.1. The SMILES string of the molecule is CC1[C@@H]2[C@H](CN1c1cccc(Cl)c1)[C@H]2C(=N)NO. The van der Waals surface area contributed by atoms with Crippen molar-refractivity contribution < 1.29 is 5.21 Å². The van der Waals surface area contributed by atoms with Gasteiger partial charge in [0.05, 0.1) is 0 Å². The molecule has 96 valence electrons. The number of piperidine rings is 1. The highest BCUT2D eigenvalue weighted by Gasteiger charge is 2.61. The van der Waals surface area contributed by atoms with Crippen molar-refractivity contribution >= 4 is 23.1 Å². The summed E-state index contributed by atoms with van der Waals surface area (Å²) < 4.78 is 0. The summed E-state index contributed by atoms with van der Waals surface area (Å²) in [5.41, 5.74) is 3.13. The standard InChI is InChI=1S/C13H16ClN3O/c1-7-11-10(12(11)13(15)16-18)6-17(7)9-4-2-3-8(14)5-9/h2-5,7,10-12,18H,6H2,1H3,(H2,15,16)/t7?,10-,11+,12+/m0/s1. The molecule has 1 aliphatic heterocycles. The third-order valence-electron chi connectivity index (χ3n) is 4.28. The van der Waals surface area contributed by atoms with Gasteiger partial charge in [0, 0.05) is 29.2 Å². The molecule has 1 aliphatic carbocycles. The van der Waals surface area contributed by atoms with E-state index in [4.69, 9.17) is 22.2 Å². The van der Waals surface area contributed by atoms with Crippen LogP contribution in [0.2, 0.25) is 5.02 Å². The molecule has 18 heavy (non-hydrogen) atoms. The number of anilines is 1. The van der Waals surface area contributed by atoms with E-state index in [0.717, 1.165) is 17.3 Å². The molecule has 0 spiro atoms. The van der Waals surface area contributed by atoms with Gasteiger partial charge >= 0.3 is 0 Å². The Morgan fingerprint density at radius 1 is 1.56 bits per heavy atom. The second-order valence-corrected chi connectivity index (χ2v) is 5.60. The van der Waals surface area contributed by atoms with Crippen molar-refractivity contribution in [1.82, 2.24) is 5.48 Å². The molecule has 0 amide bonds. The Balaban J connectivity index is 1.75. The average Bonchev–Trinajstić information content (AvgIpc) is 2.99. The number of benzene rings is 1. The molecule has 3 N–H and O–H groups in total. The Bertz CT molecular complexity index is 493. The predicted molar refractivity (Wildman–Crippen MR) is 71.4 cm³/mol. The molecule has 1 heterocycles. The van der Waals surface area contributed by atoms with E-state index in [1.165, 1.54) is 0 Å². The molecule has 2 fully saturated rings. The van der Waals surface area contributed by atoms with E-state index in [-0.39, 0.29) is 11.8 Å². The molecule has 2 aliphatic rings. The first kappa shape index (κ1) is 11.8. The Morgan fingerprint density at radius 2 is 2.33 bits per heavy atom. The number of fused-ring (bicyclic) bond motifs is 1. The van der Waals surface area contributed by atoms with E-state index in [1.807, 2.05) is 23.7 Å². The van der Waals surface area contributed by atoms with Crippen LogP contribution < -0.4 is 10.4 Å². The van der Waals surface area contributed by atoms with E-state index < -0.39 is 0 Å².